The van der Waals surface area contributed by atoms with Crippen LogP contribution in [0.5, 0.6) is 0 Å². The van der Waals surface area contributed by atoms with E-state index in [9.17, 15) is 71.1 Å². The standard InChI is InChI=1S/2C25H20N4O6S.C25H16N4O4S.C19H16N4O4S/c2*30-13-3-11-26-28-17-7-9-19-22(15-17)35-23-16-18(29-27-12-4-14-31)8-10-20(23)25(19)21-5-1-2-6-24(21)36(32,33)34;30-34(31,32)24-6-2-1-5-21(24)25-19-9-7-17(28-13-3-11-26-28)15-22(19)33-23-16-18(8-10-20(23)25)29-14-4-12-27-29;20-22-11-5-7-13-16(9-11)27-17-10-12(23-21)6-8-14(17)19(13)15-3-1-2-4-18(15)28(24,25)26/h1-2,5-16,28H,3-4H2,(H,32,33,34);1-16,26-28H,(H,32,33,34);1-16H;1-10,22H,20-21H2,(H,24,25,26)/b26-11-,27-12-,29-18?;;;. The first-order chi connectivity index (χ1) is 64.7. The van der Waals surface area contributed by atoms with Crippen molar-refractivity contribution >= 4 is 145 Å². The fourth-order valence-electron chi connectivity index (χ4n) is 14.7. The number of carbonyl (C=O) groups excluding carboxylic acids is 4. The molecule has 8 aromatic carbocycles. The molecule has 40 heteroatoms. The lowest BCUT2D eigenvalue weighted by Crippen LogP contribution is -2.84. The van der Waals surface area contributed by atoms with Crippen LogP contribution in [-0.2, 0) is 59.7 Å². The number of rotatable bonds is 24. The average molecular weight is 1870 g/mol. The molecule has 4 aliphatic carbocycles. The first kappa shape index (κ1) is 91.8. The molecule has 1 aromatic heterocycles. The predicted molar refractivity (Wildman–Crippen MR) is 492 cm³/mol. The van der Waals surface area contributed by atoms with Gasteiger partial charge in [-0.1, -0.05) is 77.5 Å². The predicted octanol–water partition coefficient (Wildman–Crippen LogP) is 6.42. The molecule has 9 aromatic rings. The quantitative estimate of drug-likeness (QED) is 0.00456. The van der Waals surface area contributed by atoms with Gasteiger partial charge < -0.3 is 61.7 Å². The molecule has 18 rings (SSSR count). The summed E-state index contributed by atoms with van der Waals surface area (Å²) in [5.41, 5.74) is 24.0. The second kappa shape index (κ2) is 40.4. The molecular formula is C94H72N16O20S4. The van der Waals surface area contributed by atoms with Gasteiger partial charge >= 0.3 is 0 Å². The Morgan fingerprint density at radius 2 is 0.918 bits per heavy atom. The zero-order valence-electron chi connectivity index (χ0n) is 69.4. The van der Waals surface area contributed by atoms with Crippen molar-refractivity contribution in [3.8, 4) is 95.5 Å². The van der Waals surface area contributed by atoms with Crippen molar-refractivity contribution < 1.29 is 104 Å². The third-order valence-corrected chi connectivity index (χ3v) is 23.9. The Labute approximate surface area is 760 Å². The number of nitrogens with two attached hydrogens (primary N) is 2. The van der Waals surface area contributed by atoms with Crippen molar-refractivity contribution in [1.29, 1.82) is 0 Å². The molecule has 0 radical (unpaired) electrons. The molecule has 0 saturated carbocycles. The lowest BCUT2D eigenvalue weighted by atomic mass is 9.93. The Morgan fingerprint density at radius 1 is 0.463 bits per heavy atom. The Morgan fingerprint density at radius 3 is 1.41 bits per heavy atom. The van der Waals surface area contributed by atoms with Crippen LogP contribution in [0.1, 0.15) is 12.8 Å². The molecule has 0 fully saturated rings. The van der Waals surface area contributed by atoms with Crippen molar-refractivity contribution in [2.45, 2.75) is 32.4 Å². The normalized spacial score (nSPS) is 13.2. The van der Waals surface area contributed by atoms with E-state index in [0.29, 0.717) is 175 Å². The number of carbonyl (C=O) groups is 4. The van der Waals surface area contributed by atoms with Gasteiger partial charge in [-0.15, -0.1) is 15.3 Å². The summed E-state index contributed by atoms with van der Waals surface area (Å²) in [5.74, 6) is 12.7. The van der Waals surface area contributed by atoms with Crippen LogP contribution in [0.4, 0.5) is 17.1 Å². The maximum absolute atomic E-state index is 12.1. The molecule has 0 saturated heterocycles. The number of hydrazine groups is 5. The van der Waals surface area contributed by atoms with Gasteiger partial charge in [0.2, 0.25) is 22.3 Å². The molecule has 0 unspecified atom stereocenters. The fourth-order valence-corrected chi connectivity index (χ4v) is 17.5. The van der Waals surface area contributed by atoms with E-state index in [1.54, 1.807) is 180 Å². The van der Waals surface area contributed by atoms with E-state index in [2.05, 4.69) is 62.8 Å². The van der Waals surface area contributed by atoms with Crippen LogP contribution in [0.25, 0.3) is 139 Å². The highest BCUT2D eigenvalue weighted by atomic mass is 32.2. The number of benzene rings is 12. The minimum atomic E-state index is -4.77. The van der Waals surface area contributed by atoms with Crippen molar-refractivity contribution in [2.75, 3.05) is 16.3 Å². The maximum Gasteiger partial charge on any atom is 0.241 e. The van der Waals surface area contributed by atoms with E-state index in [-0.39, 0.29) is 43.6 Å². The third-order valence-electron chi connectivity index (χ3n) is 20.4. The number of nitrogens with zero attached hydrogens (tertiary/aromatic N) is 6. The first-order valence-electron chi connectivity index (χ1n) is 39.9. The molecule has 0 bridgehead atoms. The summed E-state index contributed by atoms with van der Waals surface area (Å²) < 4.78 is 172. The van der Waals surface area contributed by atoms with E-state index in [1.807, 2.05) is 60.9 Å². The van der Waals surface area contributed by atoms with Crippen LogP contribution in [-0.4, -0.2) is 105 Å². The van der Waals surface area contributed by atoms with Crippen LogP contribution in [0.3, 0.4) is 0 Å². The van der Waals surface area contributed by atoms with Gasteiger partial charge in [-0.3, -0.25) is 15.4 Å². The van der Waals surface area contributed by atoms with Gasteiger partial charge in [-0.25, -0.2) is 44.2 Å². The summed E-state index contributed by atoms with van der Waals surface area (Å²) in [6.45, 7) is 0. The van der Waals surface area contributed by atoms with Crippen molar-refractivity contribution in [3.05, 3.63) is 319 Å². The second-order valence-electron chi connectivity index (χ2n) is 28.7. The summed E-state index contributed by atoms with van der Waals surface area (Å²) in [5, 5.41) is 29.6. The second-order valence-corrected chi connectivity index (χ2v) is 34.1. The molecule has 9 aliphatic rings. The lowest BCUT2D eigenvalue weighted by Gasteiger charge is -2.19. The molecule has 0 atom stereocenters. The van der Waals surface area contributed by atoms with Gasteiger partial charge in [0.05, 0.1) is 78.5 Å². The van der Waals surface area contributed by atoms with Gasteiger partial charge in [0.1, 0.15) is 117 Å². The van der Waals surface area contributed by atoms with E-state index in [4.69, 9.17) is 29.4 Å². The molecule has 134 heavy (non-hydrogen) atoms. The number of aldehydes is 4. The highest BCUT2D eigenvalue weighted by Crippen LogP contribution is 2.48. The Bertz CT molecular complexity index is 8320. The van der Waals surface area contributed by atoms with E-state index >= 15 is 0 Å². The molecule has 36 nitrogen and oxygen atoms in total. The molecule has 0 amide bonds. The Hall–Kier alpha value is -17.0. The number of nitrogen functional groups attached to an aromatic ring is 1. The molecule has 672 valence electrons. The average Bonchev–Trinajstić information content (AvgIpc) is 0.804. The van der Waals surface area contributed by atoms with Crippen molar-refractivity contribution in [3.63, 3.8) is 0 Å². The Balaban J connectivity index is 0.000000137. The smallest absolute Gasteiger partial charge is 0.241 e. The largest absolute Gasteiger partial charge is 0.744 e. The molecular weight excluding hydrogens is 1800 g/mol. The fraction of sp³-hybridized carbons (Fsp3) is 0.0213. The van der Waals surface area contributed by atoms with Crippen LogP contribution in [0.2, 0.25) is 0 Å². The van der Waals surface area contributed by atoms with E-state index < -0.39 is 40.5 Å². The summed E-state index contributed by atoms with van der Waals surface area (Å²) in [6, 6.07) is 68.1. The molecule has 6 heterocycles. The van der Waals surface area contributed by atoms with Crippen molar-refractivity contribution in [2.24, 2.45) is 27.0 Å². The number of fused-ring (bicyclic) bond motifs is 8. The summed E-state index contributed by atoms with van der Waals surface area (Å²) in [6.07, 6.45) is 20.1. The minimum absolute atomic E-state index is 0.130. The first-order valence-corrected chi connectivity index (χ1v) is 45.5. The number of aromatic nitrogens is 2. The van der Waals surface area contributed by atoms with Crippen LogP contribution in [0.15, 0.2) is 350 Å². The number of hydrazone groups is 2. The summed E-state index contributed by atoms with van der Waals surface area (Å²) in [7, 11) is -18.9. The number of nitrogens with one attached hydrogen (secondary N) is 8. The summed E-state index contributed by atoms with van der Waals surface area (Å²) >= 11 is 0. The number of hydrogen-bond donors (Lipinski definition) is 10. The highest BCUT2D eigenvalue weighted by Gasteiger charge is 2.28. The Kier molecular flexibility index (Phi) is 27.7. The number of hydrogen-bond acceptors (Lipinski definition) is 31. The van der Waals surface area contributed by atoms with Gasteiger partial charge in [0.15, 0.2) is 6.21 Å². The van der Waals surface area contributed by atoms with Crippen LogP contribution >= 0.6 is 0 Å². The van der Waals surface area contributed by atoms with Crippen LogP contribution < -0.4 is 80.2 Å². The highest BCUT2D eigenvalue weighted by molar-refractivity contribution is 7.86. The summed E-state index contributed by atoms with van der Waals surface area (Å²) in [4.78, 5) is 40.6. The SMILES string of the molecule is NNc1ccc2c(-c3ccccc3S(=O)(=O)[O-])c3ccc(=[NH+]N)cc-3oc2c1.O=CC/C=N\N=c1ccc2c(-c3ccccc3S(=O)(=O)[O-])c3ccc(N/[NH+]=C\CC=O)cc3oc-2c1.O=CC=CNNc1ccc2c(-c3ccccc3S(=O)(=O)[O-])c3ccc(=[NH+]NC=CC=O)cc-3oc2c1.O=S(=O)([O-])c1ccccc1-c1c2cc/c(=[N+]3/C=CC=N3)cc-2oc2cc(-n3cccn3)ccc12. The van der Waals surface area contributed by atoms with Crippen LogP contribution in [0, 0.1) is 0 Å². The molecule has 5 aliphatic heterocycles. The third kappa shape index (κ3) is 20.7. The molecule has 12 N–H and O–H groups in total. The topological polar surface area (TPSA) is 562 Å². The van der Waals surface area contributed by atoms with E-state index in [0.717, 1.165) is 17.3 Å². The van der Waals surface area contributed by atoms with E-state index in [1.165, 1.54) is 85.5 Å². The van der Waals surface area contributed by atoms with Gasteiger partial charge in [0.25, 0.3) is 0 Å². The van der Waals surface area contributed by atoms with Gasteiger partial charge in [-0.05, 0) is 126 Å². The number of anilines is 3. The lowest BCUT2D eigenvalue weighted by molar-refractivity contribution is -0.554. The molecule has 0 spiro atoms. The minimum Gasteiger partial charge on any atom is -0.744 e. The van der Waals surface area contributed by atoms with Gasteiger partial charge in [-0.2, -0.15) is 26.2 Å². The zero-order valence-corrected chi connectivity index (χ0v) is 72.6. The van der Waals surface area contributed by atoms with Gasteiger partial charge in [0, 0.05) is 174 Å². The zero-order chi connectivity index (χ0) is 94.3. The maximum atomic E-state index is 12.1. The number of allylic oxidation sites excluding steroid dienone is 3. The van der Waals surface area contributed by atoms with Crippen molar-refractivity contribution in [1.82, 2.24) is 25.3 Å². The monoisotopic (exact) mass is 1870 g/mol.